The molecule has 0 aliphatic carbocycles. The summed E-state index contributed by atoms with van der Waals surface area (Å²) in [5.74, 6) is -0.819. The quantitative estimate of drug-likeness (QED) is 0.174. The van der Waals surface area contributed by atoms with Crippen molar-refractivity contribution in [2.45, 2.75) is 81.7 Å². The number of benzene rings is 1. The maximum atomic E-state index is 11.6. The highest BCUT2D eigenvalue weighted by Gasteiger charge is 2.50. The number of methoxy groups -OCH3 is 7. The third kappa shape index (κ3) is 9.64. The minimum atomic E-state index is -0.862. The number of hydrogen-bond acceptors (Lipinski definition) is 15. The maximum absolute atomic E-state index is 11.6. The number of carbonyl (C=O) groups excluding carboxylic acids is 2. The zero-order chi connectivity index (χ0) is 33.8. The fraction of sp³-hybridized carbons (Fsp3) is 0.742. The lowest BCUT2D eigenvalue weighted by molar-refractivity contribution is -0.340. The molecule has 0 spiro atoms. The fourth-order valence-corrected chi connectivity index (χ4v) is 5.72. The Morgan fingerprint density at radius 2 is 1.09 bits per heavy atom. The molecule has 1 aromatic rings. The van der Waals surface area contributed by atoms with Crippen molar-refractivity contribution in [2.24, 2.45) is 0 Å². The molecule has 0 aromatic heterocycles. The lowest BCUT2D eigenvalue weighted by atomic mass is 9.97. The van der Waals surface area contributed by atoms with Crippen molar-refractivity contribution in [2.75, 3.05) is 69.6 Å². The van der Waals surface area contributed by atoms with Crippen molar-refractivity contribution in [3.8, 4) is 11.5 Å². The molecule has 15 nitrogen and oxygen atoms in total. The number of esters is 2. The Bertz CT molecular complexity index is 1090. The topological polar surface area (TPSA) is 154 Å². The van der Waals surface area contributed by atoms with Crippen molar-refractivity contribution in [1.82, 2.24) is 0 Å². The van der Waals surface area contributed by atoms with Crippen molar-refractivity contribution in [3.63, 3.8) is 0 Å². The number of carbonyl (C=O) groups is 2. The monoisotopic (exact) mass is 660 g/mol. The van der Waals surface area contributed by atoms with Crippen molar-refractivity contribution in [3.05, 3.63) is 23.8 Å². The lowest BCUT2D eigenvalue weighted by Crippen LogP contribution is -2.63. The molecule has 2 aliphatic heterocycles. The third-order valence-corrected chi connectivity index (χ3v) is 7.76. The average Bonchev–Trinajstić information content (AvgIpc) is 3.03. The first-order chi connectivity index (χ1) is 22.1. The third-order valence-electron chi connectivity index (χ3n) is 7.76. The fourth-order valence-electron chi connectivity index (χ4n) is 5.72. The van der Waals surface area contributed by atoms with Gasteiger partial charge in [0.2, 0.25) is 0 Å². The molecule has 2 saturated heterocycles. The summed E-state index contributed by atoms with van der Waals surface area (Å²) < 4.78 is 75.1. The van der Waals surface area contributed by atoms with Crippen LogP contribution in [0.15, 0.2) is 18.2 Å². The molecular formula is C31H48O15. The first-order valence-electron chi connectivity index (χ1n) is 14.9. The molecule has 0 bridgehead atoms. The van der Waals surface area contributed by atoms with E-state index in [0.717, 1.165) is 5.56 Å². The zero-order valence-corrected chi connectivity index (χ0v) is 28.0. The highest BCUT2D eigenvalue weighted by Crippen LogP contribution is 2.32. The number of ether oxygens (including phenoxy) is 13. The second-order valence-electron chi connectivity index (χ2n) is 10.7. The molecular weight excluding hydrogens is 612 g/mol. The first kappa shape index (κ1) is 38.2. The highest BCUT2D eigenvalue weighted by molar-refractivity contribution is 5.73. The summed E-state index contributed by atoms with van der Waals surface area (Å²) in [7, 11) is 10.9. The second-order valence-corrected chi connectivity index (χ2v) is 10.7. The Kier molecular flexibility index (Phi) is 15.7. The number of hydrogen-bond donors (Lipinski definition) is 0. The van der Waals surface area contributed by atoms with Crippen LogP contribution in [0.5, 0.6) is 11.5 Å². The SMILES string of the molecule is COC[C@H]1O[C@@H](OC[C@H]2O[C@@H](OCCc3ccc(OC(C)=O)c(OC(C)=O)c3)[C@H](OC)[C@@H](OC)[C@@H]2OC)[C@H](OC)[C@@H](OC)[C@@H]1OC. The molecule has 0 radical (unpaired) electrons. The van der Waals surface area contributed by atoms with Gasteiger partial charge < -0.3 is 61.6 Å². The highest BCUT2D eigenvalue weighted by atomic mass is 16.7. The van der Waals surface area contributed by atoms with Gasteiger partial charge in [-0.2, -0.15) is 0 Å². The van der Waals surface area contributed by atoms with Gasteiger partial charge in [0.25, 0.3) is 0 Å². The van der Waals surface area contributed by atoms with Crippen molar-refractivity contribution < 1.29 is 71.2 Å². The Hall–Kier alpha value is -2.28. The molecule has 2 fully saturated rings. The normalized spacial score (nSPS) is 31.4. The zero-order valence-electron chi connectivity index (χ0n) is 28.0. The Morgan fingerprint density at radius 1 is 0.609 bits per heavy atom. The minimum absolute atomic E-state index is 0.0241. The van der Waals surface area contributed by atoms with E-state index in [0.29, 0.717) is 6.42 Å². The predicted molar refractivity (Wildman–Crippen MR) is 159 cm³/mol. The summed E-state index contributed by atoms with van der Waals surface area (Å²) in [4.78, 5) is 23.1. The number of rotatable bonds is 17. The van der Waals surface area contributed by atoms with Gasteiger partial charge in [0, 0.05) is 63.6 Å². The molecule has 2 heterocycles. The molecule has 0 unspecified atom stereocenters. The van der Waals surface area contributed by atoms with Gasteiger partial charge in [-0.3, -0.25) is 9.59 Å². The van der Waals surface area contributed by atoms with Gasteiger partial charge in [-0.15, -0.1) is 0 Å². The smallest absolute Gasteiger partial charge is 0.308 e. The van der Waals surface area contributed by atoms with Crippen LogP contribution in [0, 0.1) is 0 Å². The molecule has 15 heteroatoms. The van der Waals surface area contributed by atoms with Crippen LogP contribution in [0.2, 0.25) is 0 Å². The van der Waals surface area contributed by atoms with Crippen LogP contribution in [-0.2, 0) is 68.1 Å². The van der Waals surface area contributed by atoms with E-state index in [-0.39, 0.29) is 31.3 Å². The van der Waals surface area contributed by atoms with E-state index in [1.807, 2.05) is 0 Å². The summed E-state index contributed by atoms with van der Waals surface area (Å²) in [5, 5.41) is 0. The Balaban J connectivity index is 1.73. The van der Waals surface area contributed by atoms with Crippen LogP contribution < -0.4 is 9.47 Å². The van der Waals surface area contributed by atoms with Gasteiger partial charge in [0.05, 0.1) is 19.8 Å². The lowest BCUT2D eigenvalue weighted by Gasteiger charge is -2.46. The molecule has 262 valence electrons. The van der Waals surface area contributed by atoms with E-state index in [4.69, 9.17) is 61.6 Å². The molecule has 3 rings (SSSR count). The summed E-state index contributed by atoms with van der Waals surface area (Å²) in [5.41, 5.74) is 0.766. The first-order valence-corrected chi connectivity index (χ1v) is 14.9. The standard InChI is InChI=1S/C31H48O15/c1-17(32)43-20-11-10-19(14-21(20)44-18(2)33)12-13-41-30-28(39-8)27(38-7)25(36-5)23(46-30)16-42-31-29(40-9)26(37-6)24(35-4)22(45-31)15-34-3/h10-11,14,22-31H,12-13,15-16H2,1-9H3/t22-,23-,24-,25-,26+,27+,28-,29-,30-,31-/m1/s1. The van der Waals surface area contributed by atoms with Crippen LogP contribution in [-0.4, -0.2) is 143 Å². The van der Waals surface area contributed by atoms with E-state index >= 15 is 0 Å². The van der Waals surface area contributed by atoms with Gasteiger partial charge in [-0.1, -0.05) is 6.07 Å². The van der Waals surface area contributed by atoms with Crippen LogP contribution in [0.25, 0.3) is 0 Å². The van der Waals surface area contributed by atoms with Crippen LogP contribution in [0.4, 0.5) is 0 Å². The van der Waals surface area contributed by atoms with Crippen LogP contribution in [0.1, 0.15) is 19.4 Å². The largest absolute Gasteiger partial charge is 0.423 e. The van der Waals surface area contributed by atoms with E-state index in [9.17, 15) is 9.59 Å². The van der Waals surface area contributed by atoms with Gasteiger partial charge in [0.15, 0.2) is 24.1 Å². The molecule has 1 aromatic carbocycles. The van der Waals surface area contributed by atoms with Gasteiger partial charge >= 0.3 is 11.9 Å². The second kappa shape index (κ2) is 18.9. The van der Waals surface area contributed by atoms with Gasteiger partial charge in [0.1, 0.15) is 48.8 Å². The molecule has 46 heavy (non-hydrogen) atoms. The molecule has 0 saturated carbocycles. The Morgan fingerprint density at radius 3 is 1.57 bits per heavy atom. The molecule has 0 N–H and O–H groups in total. The molecule has 10 atom stereocenters. The van der Waals surface area contributed by atoms with E-state index in [1.54, 1.807) is 60.9 Å². The van der Waals surface area contributed by atoms with Gasteiger partial charge in [-0.05, 0) is 24.1 Å². The molecule has 2 aliphatic rings. The van der Waals surface area contributed by atoms with Crippen LogP contribution in [0.3, 0.4) is 0 Å². The van der Waals surface area contributed by atoms with Crippen molar-refractivity contribution in [1.29, 1.82) is 0 Å². The average molecular weight is 661 g/mol. The van der Waals surface area contributed by atoms with E-state index in [1.165, 1.54) is 21.0 Å². The molecule has 0 amide bonds. The summed E-state index contributed by atoms with van der Waals surface area (Å²) in [6.45, 7) is 3.00. The predicted octanol–water partition coefficient (Wildman–Crippen LogP) is 1.30. The van der Waals surface area contributed by atoms with Crippen molar-refractivity contribution >= 4 is 11.9 Å². The minimum Gasteiger partial charge on any atom is -0.423 e. The van der Waals surface area contributed by atoms with E-state index in [2.05, 4.69) is 0 Å². The maximum Gasteiger partial charge on any atom is 0.308 e. The summed E-state index contributed by atoms with van der Waals surface area (Å²) in [6.07, 6.45) is -5.80. The Labute approximate surface area is 269 Å². The van der Waals surface area contributed by atoms with E-state index < -0.39 is 73.4 Å². The van der Waals surface area contributed by atoms with Crippen LogP contribution >= 0.6 is 0 Å². The summed E-state index contributed by atoms with van der Waals surface area (Å²) in [6, 6.07) is 4.92. The van der Waals surface area contributed by atoms with Gasteiger partial charge in [-0.25, -0.2) is 0 Å². The summed E-state index contributed by atoms with van der Waals surface area (Å²) >= 11 is 0.